The Morgan fingerprint density at radius 2 is 1.72 bits per heavy atom. The summed E-state index contributed by atoms with van der Waals surface area (Å²) in [5.41, 5.74) is 2.06. The van der Waals surface area contributed by atoms with Crippen LogP contribution < -0.4 is 5.32 Å². The molecule has 240 valence electrons. The van der Waals surface area contributed by atoms with Crippen molar-refractivity contribution in [2.45, 2.75) is 43.7 Å². The van der Waals surface area contributed by atoms with E-state index in [4.69, 9.17) is 4.74 Å². The Bertz CT molecular complexity index is 1670. The summed E-state index contributed by atoms with van der Waals surface area (Å²) in [5, 5.41) is 2.84. The van der Waals surface area contributed by atoms with Gasteiger partial charge in [-0.2, -0.15) is 0 Å². The summed E-state index contributed by atoms with van der Waals surface area (Å²) in [6, 6.07) is 16.7. The lowest BCUT2D eigenvalue weighted by Gasteiger charge is -2.40. The van der Waals surface area contributed by atoms with Gasteiger partial charge >= 0.3 is 12.0 Å². The molecule has 7 rings (SSSR count). The van der Waals surface area contributed by atoms with Crippen LogP contribution in [0.15, 0.2) is 60.7 Å². The smallest absolute Gasteiger partial charge is 0.332 e. The highest BCUT2D eigenvalue weighted by Crippen LogP contribution is 2.55. The summed E-state index contributed by atoms with van der Waals surface area (Å²) in [4.78, 5) is 60.1. The number of urea groups is 1. The van der Waals surface area contributed by atoms with Crippen molar-refractivity contribution in [2.24, 2.45) is 5.92 Å². The Hall–Kier alpha value is -4.67. The lowest BCUT2D eigenvalue weighted by molar-refractivity contribution is -0.153. The number of rotatable bonds is 8. The number of likely N-dealkylation sites (tertiary alicyclic amines) is 2. The minimum absolute atomic E-state index is 0.0632. The minimum atomic E-state index is -1.44. The first-order chi connectivity index (χ1) is 22.3. The number of aromatic nitrogens is 1. The molecular weight excluding hydrogens is 589 g/mol. The normalized spacial score (nSPS) is 23.4. The van der Waals surface area contributed by atoms with E-state index in [-0.39, 0.29) is 30.2 Å². The standard InChI is InChI=1S/C35H38FN5O5/c1-46-33(44)35(21-23-9-11-26(36)12-10-23)30-25(22-41(35)31(42)24-7-3-2-4-8-24)19-28-27(30)20-29(32(43)38-14-5-6-15-38)40(28)18-17-39-16-13-37-34(39)45/h2-4,7-12,20,25,30H,5-6,13-19,21-22H2,1H3,(H,37,45)/t25-,30+,35+/m0/s1. The van der Waals surface area contributed by atoms with E-state index in [1.165, 1.54) is 19.2 Å². The molecule has 0 radical (unpaired) electrons. The van der Waals surface area contributed by atoms with Crippen LogP contribution in [0.1, 0.15) is 56.4 Å². The zero-order chi connectivity index (χ0) is 32.0. The second kappa shape index (κ2) is 11.9. The van der Waals surface area contributed by atoms with Crippen LogP contribution in [-0.4, -0.2) is 95.0 Å². The molecule has 1 aromatic heterocycles. The second-order valence-corrected chi connectivity index (χ2v) is 12.7. The Morgan fingerprint density at radius 3 is 2.39 bits per heavy atom. The maximum absolute atomic E-state index is 14.3. The van der Waals surface area contributed by atoms with Gasteiger partial charge in [-0.15, -0.1) is 0 Å². The van der Waals surface area contributed by atoms with Crippen molar-refractivity contribution in [3.05, 3.63) is 94.6 Å². The molecule has 10 nitrogen and oxygen atoms in total. The van der Waals surface area contributed by atoms with Crippen molar-refractivity contribution in [3.8, 4) is 0 Å². The van der Waals surface area contributed by atoms with Gasteiger partial charge in [0.25, 0.3) is 11.8 Å². The molecule has 4 heterocycles. The quantitative estimate of drug-likeness (QED) is 0.386. The highest BCUT2D eigenvalue weighted by Gasteiger charge is 2.64. The third kappa shape index (κ3) is 4.92. The Labute approximate surface area is 267 Å². The molecule has 11 heteroatoms. The monoisotopic (exact) mass is 627 g/mol. The molecule has 4 amide bonds. The molecule has 0 saturated carbocycles. The average molecular weight is 628 g/mol. The third-order valence-electron chi connectivity index (χ3n) is 10.3. The number of esters is 1. The number of halogens is 1. The Morgan fingerprint density at radius 1 is 0.978 bits per heavy atom. The van der Waals surface area contributed by atoms with Crippen molar-refractivity contribution in [3.63, 3.8) is 0 Å². The number of nitrogens with one attached hydrogen (secondary N) is 1. The summed E-state index contributed by atoms with van der Waals surface area (Å²) < 4.78 is 21.6. The van der Waals surface area contributed by atoms with E-state index in [1.54, 1.807) is 46.2 Å². The van der Waals surface area contributed by atoms with Gasteiger partial charge < -0.3 is 29.3 Å². The molecule has 0 spiro atoms. The molecule has 2 aromatic carbocycles. The molecule has 3 saturated heterocycles. The van der Waals surface area contributed by atoms with Crippen LogP contribution in [0.3, 0.4) is 0 Å². The van der Waals surface area contributed by atoms with Gasteiger partial charge in [0.1, 0.15) is 11.5 Å². The zero-order valence-electron chi connectivity index (χ0n) is 25.9. The Kier molecular flexibility index (Phi) is 7.78. The third-order valence-corrected chi connectivity index (χ3v) is 10.3. The maximum Gasteiger partial charge on any atom is 0.332 e. The van der Waals surface area contributed by atoms with Gasteiger partial charge in [0.2, 0.25) is 0 Å². The number of hydrogen-bond donors (Lipinski definition) is 1. The first-order valence-electron chi connectivity index (χ1n) is 16.1. The lowest BCUT2D eigenvalue weighted by Crippen LogP contribution is -2.58. The molecule has 1 aliphatic carbocycles. The van der Waals surface area contributed by atoms with E-state index in [0.717, 1.165) is 24.1 Å². The number of fused-ring (bicyclic) bond motifs is 3. The molecule has 3 aromatic rings. The zero-order valence-corrected chi connectivity index (χ0v) is 25.9. The first kappa shape index (κ1) is 30.0. The molecule has 46 heavy (non-hydrogen) atoms. The van der Waals surface area contributed by atoms with Crippen molar-refractivity contribution in [1.29, 1.82) is 0 Å². The number of amides is 4. The number of carbonyl (C=O) groups is 4. The van der Waals surface area contributed by atoms with Crippen molar-refractivity contribution >= 4 is 23.8 Å². The number of methoxy groups -OCH3 is 1. The maximum atomic E-state index is 14.3. The lowest BCUT2D eigenvalue weighted by atomic mass is 9.75. The van der Waals surface area contributed by atoms with E-state index >= 15 is 0 Å². The average Bonchev–Trinajstić information content (AvgIpc) is 3.90. The highest BCUT2D eigenvalue weighted by atomic mass is 19.1. The van der Waals surface area contributed by atoms with Crippen LogP contribution in [0, 0.1) is 11.7 Å². The number of nitrogens with zero attached hydrogens (tertiary/aromatic N) is 4. The van der Waals surface area contributed by atoms with Crippen molar-refractivity contribution in [1.82, 2.24) is 24.6 Å². The molecule has 3 aliphatic heterocycles. The highest BCUT2D eigenvalue weighted by molar-refractivity contribution is 6.00. The van der Waals surface area contributed by atoms with Crippen LogP contribution in [0.4, 0.5) is 9.18 Å². The molecule has 3 atom stereocenters. The number of carbonyl (C=O) groups excluding carboxylic acids is 4. The molecule has 0 unspecified atom stereocenters. The molecule has 4 aliphatic rings. The van der Waals surface area contributed by atoms with Crippen LogP contribution in [0.5, 0.6) is 0 Å². The molecule has 0 bridgehead atoms. The van der Waals surface area contributed by atoms with Crippen molar-refractivity contribution in [2.75, 3.05) is 46.4 Å². The minimum Gasteiger partial charge on any atom is -0.467 e. The van der Waals surface area contributed by atoms with Gasteiger partial charge in [0, 0.05) is 69.4 Å². The Balaban J connectivity index is 1.35. The summed E-state index contributed by atoms with van der Waals surface area (Å²) >= 11 is 0. The predicted molar refractivity (Wildman–Crippen MR) is 167 cm³/mol. The summed E-state index contributed by atoms with van der Waals surface area (Å²) in [6.07, 6.45) is 2.57. The SMILES string of the molecule is COC(=O)[C@@]1(Cc2ccc(F)cc2)[C@H]2c3cc(C(=O)N4CCCC4)n(CCN4CCNC4=O)c3C[C@H]2CN1C(=O)c1ccccc1. The summed E-state index contributed by atoms with van der Waals surface area (Å²) in [7, 11) is 1.33. The number of benzene rings is 2. The van der Waals surface area contributed by atoms with Gasteiger partial charge in [-0.25, -0.2) is 14.0 Å². The summed E-state index contributed by atoms with van der Waals surface area (Å²) in [5.74, 6) is -1.86. The van der Waals surface area contributed by atoms with Crippen molar-refractivity contribution < 1.29 is 28.3 Å². The van der Waals surface area contributed by atoms with E-state index < -0.39 is 23.2 Å². The van der Waals surface area contributed by atoms with Crippen LogP contribution >= 0.6 is 0 Å². The van der Waals surface area contributed by atoms with Gasteiger partial charge in [0.15, 0.2) is 5.54 Å². The van der Waals surface area contributed by atoms with E-state index in [9.17, 15) is 23.6 Å². The van der Waals surface area contributed by atoms with Gasteiger partial charge in [-0.3, -0.25) is 9.59 Å². The van der Waals surface area contributed by atoms with Gasteiger partial charge in [-0.1, -0.05) is 30.3 Å². The number of hydrogen-bond acceptors (Lipinski definition) is 5. The topological polar surface area (TPSA) is 104 Å². The fourth-order valence-electron chi connectivity index (χ4n) is 8.18. The van der Waals surface area contributed by atoms with E-state index in [1.807, 2.05) is 21.6 Å². The molecule has 1 N–H and O–H groups in total. The molecular formula is C35H38FN5O5. The summed E-state index contributed by atoms with van der Waals surface area (Å²) in [6.45, 7) is 3.75. The molecule has 3 fully saturated rings. The number of ether oxygens (including phenoxy) is 1. The van der Waals surface area contributed by atoms with Crippen LogP contribution in [-0.2, 0) is 28.9 Å². The van der Waals surface area contributed by atoms with Crippen LogP contribution in [0.2, 0.25) is 0 Å². The van der Waals surface area contributed by atoms with Gasteiger partial charge in [0.05, 0.1) is 7.11 Å². The fraction of sp³-hybridized carbons (Fsp3) is 0.429. The fourth-order valence-corrected chi connectivity index (χ4v) is 8.18. The second-order valence-electron chi connectivity index (χ2n) is 12.7. The predicted octanol–water partition coefficient (Wildman–Crippen LogP) is 3.45. The van der Waals surface area contributed by atoms with Crippen LogP contribution in [0.25, 0.3) is 0 Å². The first-order valence-corrected chi connectivity index (χ1v) is 16.1. The van der Waals surface area contributed by atoms with E-state index in [2.05, 4.69) is 5.32 Å². The van der Waals surface area contributed by atoms with E-state index in [0.29, 0.717) is 69.1 Å². The largest absolute Gasteiger partial charge is 0.467 e. The van der Waals surface area contributed by atoms with Gasteiger partial charge in [-0.05, 0) is 66.6 Å².